The summed E-state index contributed by atoms with van der Waals surface area (Å²) >= 11 is 3.31. The Balaban J connectivity index is 2.15. The van der Waals surface area contributed by atoms with Crippen LogP contribution in [0.4, 0.5) is 0 Å². The molecule has 0 unspecified atom stereocenters. The monoisotopic (exact) mass is 214 g/mol. The minimum absolute atomic E-state index is 0.696. The van der Waals surface area contributed by atoms with Crippen LogP contribution >= 0.6 is 15.9 Å². The number of rotatable bonds is 1. The van der Waals surface area contributed by atoms with Crippen molar-refractivity contribution < 1.29 is 4.42 Å². The van der Waals surface area contributed by atoms with Crippen LogP contribution in [0.1, 0.15) is 37.4 Å². The summed E-state index contributed by atoms with van der Waals surface area (Å²) in [6.07, 6.45) is 5.34. The van der Waals surface area contributed by atoms with Crippen LogP contribution in [0.5, 0.6) is 0 Å². The van der Waals surface area contributed by atoms with Crippen LogP contribution in [-0.4, -0.2) is 0 Å². The standard InChI is InChI=1S/C9H11BrO/c10-9-6-5-8(11-9)7-3-1-2-4-7/h5-7H,1-4H2. The molecular weight excluding hydrogens is 204 g/mol. The first kappa shape index (κ1) is 7.41. The van der Waals surface area contributed by atoms with E-state index in [0.29, 0.717) is 5.92 Å². The highest BCUT2D eigenvalue weighted by Gasteiger charge is 2.19. The van der Waals surface area contributed by atoms with E-state index in [0.717, 1.165) is 10.4 Å². The van der Waals surface area contributed by atoms with Crippen LogP contribution in [0.15, 0.2) is 21.2 Å². The van der Waals surface area contributed by atoms with Crippen molar-refractivity contribution in [3.8, 4) is 0 Å². The van der Waals surface area contributed by atoms with Crippen molar-refractivity contribution in [1.82, 2.24) is 0 Å². The first-order valence-corrected chi connectivity index (χ1v) is 4.91. The van der Waals surface area contributed by atoms with Gasteiger partial charge in [0.15, 0.2) is 4.67 Å². The second kappa shape index (κ2) is 3.02. The zero-order valence-corrected chi connectivity index (χ0v) is 7.93. The van der Waals surface area contributed by atoms with Crippen LogP contribution in [0.2, 0.25) is 0 Å². The first-order chi connectivity index (χ1) is 5.36. The van der Waals surface area contributed by atoms with Gasteiger partial charge in [0.05, 0.1) is 0 Å². The molecular formula is C9H11BrO. The Morgan fingerprint density at radius 2 is 2.00 bits per heavy atom. The quantitative estimate of drug-likeness (QED) is 0.696. The maximum Gasteiger partial charge on any atom is 0.169 e. The summed E-state index contributed by atoms with van der Waals surface area (Å²) in [6, 6.07) is 4.06. The van der Waals surface area contributed by atoms with Crippen LogP contribution < -0.4 is 0 Å². The Kier molecular flexibility index (Phi) is 2.03. The summed E-state index contributed by atoms with van der Waals surface area (Å²) in [5.74, 6) is 1.86. The molecule has 0 aliphatic heterocycles. The molecule has 2 rings (SSSR count). The fourth-order valence-electron chi connectivity index (χ4n) is 1.76. The first-order valence-electron chi connectivity index (χ1n) is 4.11. The van der Waals surface area contributed by atoms with E-state index in [-0.39, 0.29) is 0 Å². The van der Waals surface area contributed by atoms with Gasteiger partial charge >= 0.3 is 0 Å². The lowest BCUT2D eigenvalue weighted by atomic mass is 10.1. The molecule has 1 nitrogen and oxygen atoms in total. The Labute approximate surface area is 74.9 Å². The molecule has 0 aromatic carbocycles. The molecule has 11 heavy (non-hydrogen) atoms. The third-order valence-electron chi connectivity index (χ3n) is 2.35. The Hall–Kier alpha value is -0.240. The van der Waals surface area contributed by atoms with Crippen molar-refractivity contribution in [3.05, 3.63) is 22.6 Å². The maximum atomic E-state index is 5.48. The molecule has 1 fully saturated rings. The molecule has 0 bridgehead atoms. The molecule has 1 heterocycles. The fraction of sp³-hybridized carbons (Fsp3) is 0.556. The number of furan rings is 1. The average Bonchev–Trinajstić information content (AvgIpc) is 2.55. The van der Waals surface area contributed by atoms with Gasteiger partial charge in [0.25, 0.3) is 0 Å². The summed E-state index contributed by atoms with van der Waals surface area (Å²) in [7, 11) is 0. The molecule has 0 atom stereocenters. The topological polar surface area (TPSA) is 13.1 Å². The lowest BCUT2D eigenvalue weighted by Crippen LogP contribution is -1.87. The molecule has 0 spiro atoms. The minimum Gasteiger partial charge on any atom is -0.454 e. The Bertz CT molecular complexity index is 235. The van der Waals surface area contributed by atoms with Crippen LogP contribution in [-0.2, 0) is 0 Å². The normalized spacial score (nSPS) is 19.4. The van der Waals surface area contributed by atoms with E-state index < -0.39 is 0 Å². The summed E-state index contributed by atoms with van der Waals surface area (Å²) in [5, 5.41) is 0. The van der Waals surface area contributed by atoms with Gasteiger partial charge in [0.1, 0.15) is 5.76 Å². The molecule has 1 aliphatic rings. The van der Waals surface area contributed by atoms with Crippen molar-refractivity contribution in [1.29, 1.82) is 0 Å². The predicted molar refractivity (Wildman–Crippen MR) is 47.6 cm³/mol. The third-order valence-corrected chi connectivity index (χ3v) is 2.78. The largest absolute Gasteiger partial charge is 0.454 e. The van der Waals surface area contributed by atoms with Gasteiger partial charge in [-0.1, -0.05) is 12.8 Å². The molecule has 60 valence electrons. The van der Waals surface area contributed by atoms with E-state index in [9.17, 15) is 0 Å². The van der Waals surface area contributed by atoms with E-state index in [1.165, 1.54) is 25.7 Å². The fourth-order valence-corrected chi connectivity index (χ4v) is 2.08. The van der Waals surface area contributed by atoms with Crippen molar-refractivity contribution >= 4 is 15.9 Å². The van der Waals surface area contributed by atoms with E-state index in [4.69, 9.17) is 4.42 Å². The van der Waals surface area contributed by atoms with Gasteiger partial charge in [-0.15, -0.1) is 0 Å². The lowest BCUT2D eigenvalue weighted by molar-refractivity contribution is 0.448. The summed E-state index contributed by atoms with van der Waals surface area (Å²) in [4.78, 5) is 0. The molecule has 0 N–H and O–H groups in total. The maximum absolute atomic E-state index is 5.48. The second-order valence-electron chi connectivity index (χ2n) is 3.12. The summed E-state index contributed by atoms with van der Waals surface area (Å²) in [5.41, 5.74) is 0. The Morgan fingerprint density at radius 1 is 1.27 bits per heavy atom. The van der Waals surface area contributed by atoms with Gasteiger partial charge in [0, 0.05) is 5.92 Å². The van der Waals surface area contributed by atoms with Crippen LogP contribution in [0, 0.1) is 0 Å². The van der Waals surface area contributed by atoms with E-state index in [1.54, 1.807) is 0 Å². The average molecular weight is 215 g/mol. The number of hydrogen-bond acceptors (Lipinski definition) is 1. The summed E-state index contributed by atoms with van der Waals surface area (Å²) in [6.45, 7) is 0. The highest BCUT2D eigenvalue weighted by Crippen LogP contribution is 2.35. The minimum atomic E-state index is 0.696. The molecule has 0 saturated heterocycles. The van der Waals surface area contributed by atoms with Gasteiger partial charge in [-0.2, -0.15) is 0 Å². The van der Waals surface area contributed by atoms with Crippen molar-refractivity contribution in [2.75, 3.05) is 0 Å². The van der Waals surface area contributed by atoms with Gasteiger partial charge < -0.3 is 4.42 Å². The van der Waals surface area contributed by atoms with Crippen molar-refractivity contribution in [2.45, 2.75) is 31.6 Å². The second-order valence-corrected chi connectivity index (χ2v) is 3.90. The Morgan fingerprint density at radius 3 is 2.55 bits per heavy atom. The molecule has 2 heteroatoms. The molecule has 1 aromatic heterocycles. The predicted octanol–water partition coefficient (Wildman–Crippen LogP) is 3.70. The zero-order valence-electron chi connectivity index (χ0n) is 6.35. The van der Waals surface area contributed by atoms with Gasteiger partial charge in [-0.05, 0) is 40.9 Å². The zero-order chi connectivity index (χ0) is 7.68. The van der Waals surface area contributed by atoms with E-state index in [2.05, 4.69) is 22.0 Å². The summed E-state index contributed by atoms with van der Waals surface area (Å²) < 4.78 is 6.34. The number of hydrogen-bond donors (Lipinski definition) is 0. The van der Waals surface area contributed by atoms with Gasteiger partial charge in [-0.25, -0.2) is 0 Å². The third kappa shape index (κ3) is 1.51. The molecule has 0 amide bonds. The van der Waals surface area contributed by atoms with E-state index >= 15 is 0 Å². The van der Waals surface area contributed by atoms with Gasteiger partial charge in [-0.3, -0.25) is 0 Å². The molecule has 1 aromatic rings. The molecule has 0 radical (unpaired) electrons. The lowest BCUT2D eigenvalue weighted by Gasteiger charge is -2.02. The van der Waals surface area contributed by atoms with Crippen molar-refractivity contribution in [3.63, 3.8) is 0 Å². The van der Waals surface area contributed by atoms with Gasteiger partial charge in [0.2, 0.25) is 0 Å². The van der Waals surface area contributed by atoms with Crippen LogP contribution in [0.3, 0.4) is 0 Å². The SMILES string of the molecule is Brc1ccc(C2CCCC2)o1. The molecule has 1 saturated carbocycles. The highest BCUT2D eigenvalue weighted by atomic mass is 79.9. The van der Waals surface area contributed by atoms with Crippen LogP contribution in [0.25, 0.3) is 0 Å². The highest BCUT2D eigenvalue weighted by molar-refractivity contribution is 9.10. The van der Waals surface area contributed by atoms with Crippen molar-refractivity contribution in [2.24, 2.45) is 0 Å². The smallest absolute Gasteiger partial charge is 0.169 e. The number of halogens is 1. The van der Waals surface area contributed by atoms with E-state index in [1.807, 2.05) is 6.07 Å². The molecule has 1 aliphatic carbocycles.